The number of carbonyl (C=O) groups excluding carboxylic acids is 1. The van der Waals surface area contributed by atoms with Gasteiger partial charge >= 0.3 is 0 Å². The molecule has 0 N–H and O–H groups in total. The first-order valence-corrected chi connectivity index (χ1v) is 5.52. The first kappa shape index (κ1) is 11.7. The van der Waals surface area contributed by atoms with Crippen LogP contribution >= 0.6 is 15.9 Å². The lowest BCUT2D eigenvalue weighted by molar-refractivity contribution is 0.112. The van der Waals surface area contributed by atoms with Gasteiger partial charge in [0.15, 0.2) is 6.29 Å². The molecule has 0 bridgehead atoms. The Labute approximate surface area is 105 Å². The van der Waals surface area contributed by atoms with Crippen LogP contribution in [0, 0.1) is 5.82 Å². The van der Waals surface area contributed by atoms with E-state index in [0.717, 1.165) is 0 Å². The number of rotatable bonds is 3. The molecule has 0 radical (unpaired) electrons. The van der Waals surface area contributed by atoms with Gasteiger partial charge in [0.25, 0.3) is 0 Å². The summed E-state index contributed by atoms with van der Waals surface area (Å²) in [6.07, 6.45) is 2.13. The number of hydrogen-bond acceptors (Lipinski definition) is 3. The van der Waals surface area contributed by atoms with Gasteiger partial charge in [0.2, 0.25) is 5.88 Å². The Kier molecular flexibility index (Phi) is 3.49. The van der Waals surface area contributed by atoms with Crippen molar-refractivity contribution < 1.29 is 13.9 Å². The number of ether oxygens (including phenoxy) is 1. The Morgan fingerprint density at radius 3 is 2.88 bits per heavy atom. The van der Waals surface area contributed by atoms with Crippen molar-refractivity contribution in [3.05, 3.63) is 52.4 Å². The molecule has 0 aliphatic rings. The minimum absolute atomic E-state index is 0.153. The maximum Gasteiger partial charge on any atom is 0.229 e. The van der Waals surface area contributed by atoms with E-state index in [4.69, 9.17) is 4.74 Å². The van der Waals surface area contributed by atoms with E-state index >= 15 is 0 Å². The molecule has 0 saturated heterocycles. The highest BCUT2D eigenvalue weighted by molar-refractivity contribution is 9.10. The molecule has 1 aromatic carbocycles. The lowest BCUT2D eigenvalue weighted by Crippen LogP contribution is -1.93. The van der Waals surface area contributed by atoms with E-state index < -0.39 is 5.82 Å². The number of hydrogen-bond donors (Lipinski definition) is 0. The Hall–Kier alpha value is -1.75. The van der Waals surface area contributed by atoms with Gasteiger partial charge in [0.05, 0.1) is 5.56 Å². The molecule has 3 nitrogen and oxygen atoms in total. The molecule has 0 aliphatic heterocycles. The summed E-state index contributed by atoms with van der Waals surface area (Å²) < 4.78 is 19.0. The average Bonchev–Trinajstić information content (AvgIpc) is 2.28. The van der Waals surface area contributed by atoms with Crippen LogP contribution in [0.2, 0.25) is 0 Å². The van der Waals surface area contributed by atoms with E-state index in [2.05, 4.69) is 20.9 Å². The minimum atomic E-state index is -0.432. The summed E-state index contributed by atoms with van der Waals surface area (Å²) in [7, 11) is 0. The number of aldehydes is 1. The number of halogens is 2. The predicted octanol–water partition coefficient (Wildman–Crippen LogP) is 3.59. The van der Waals surface area contributed by atoms with Crippen molar-refractivity contribution in [2.75, 3.05) is 0 Å². The van der Waals surface area contributed by atoms with Gasteiger partial charge < -0.3 is 4.74 Å². The van der Waals surface area contributed by atoms with Crippen molar-refractivity contribution in [3.8, 4) is 11.6 Å². The van der Waals surface area contributed by atoms with Crippen LogP contribution in [-0.4, -0.2) is 11.3 Å². The largest absolute Gasteiger partial charge is 0.438 e. The van der Waals surface area contributed by atoms with Crippen LogP contribution in [0.3, 0.4) is 0 Å². The van der Waals surface area contributed by atoms with E-state index in [1.54, 1.807) is 18.2 Å². The fraction of sp³-hybridized carbons (Fsp3) is 0. The molecule has 0 aliphatic carbocycles. The molecular weight excluding hydrogens is 289 g/mol. The number of nitrogens with zero attached hydrogens (tertiary/aromatic N) is 1. The standard InChI is InChI=1S/C12H7BrFNO2/c13-9-4-10(14)6-11(5-9)17-12-8(7-16)2-1-3-15-12/h1-7H. The van der Waals surface area contributed by atoms with Gasteiger partial charge in [-0.15, -0.1) is 0 Å². The van der Waals surface area contributed by atoms with E-state index in [0.29, 0.717) is 16.3 Å². The third-order valence-electron chi connectivity index (χ3n) is 1.98. The third-order valence-corrected chi connectivity index (χ3v) is 2.44. The molecule has 0 fully saturated rings. The molecule has 0 atom stereocenters. The third kappa shape index (κ3) is 2.88. The van der Waals surface area contributed by atoms with Crippen LogP contribution in [-0.2, 0) is 0 Å². The monoisotopic (exact) mass is 295 g/mol. The van der Waals surface area contributed by atoms with Crippen molar-refractivity contribution in [1.29, 1.82) is 0 Å². The molecule has 1 heterocycles. The average molecular weight is 296 g/mol. The van der Waals surface area contributed by atoms with E-state index in [1.807, 2.05) is 0 Å². The topological polar surface area (TPSA) is 39.2 Å². The van der Waals surface area contributed by atoms with Gasteiger partial charge in [-0.25, -0.2) is 9.37 Å². The van der Waals surface area contributed by atoms with Crippen LogP contribution in [0.1, 0.15) is 10.4 Å². The molecule has 2 aromatic rings. The molecule has 0 unspecified atom stereocenters. The summed E-state index contributed by atoms with van der Waals surface area (Å²) in [5, 5.41) is 0. The van der Waals surface area contributed by atoms with Crippen molar-refractivity contribution in [2.45, 2.75) is 0 Å². The highest BCUT2D eigenvalue weighted by atomic mass is 79.9. The normalized spacial score (nSPS) is 10.0. The molecule has 0 saturated carbocycles. The van der Waals surface area contributed by atoms with Crippen molar-refractivity contribution in [2.24, 2.45) is 0 Å². The molecule has 0 spiro atoms. The second kappa shape index (κ2) is 5.05. The number of aromatic nitrogens is 1. The van der Waals surface area contributed by atoms with Crippen molar-refractivity contribution >= 4 is 22.2 Å². The van der Waals surface area contributed by atoms with Crippen LogP contribution in [0.4, 0.5) is 4.39 Å². The molecule has 5 heteroatoms. The first-order valence-electron chi connectivity index (χ1n) is 4.73. The molecule has 2 rings (SSSR count). The first-order chi connectivity index (χ1) is 8.19. The molecule has 1 aromatic heterocycles. The summed E-state index contributed by atoms with van der Waals surface area (Å²) in [6, 6.07) is 7.31. The SMILES string of the molecule is O=Cc1cccnc1Oc1cc(F)cc(Br)c1. The molecule has 86 valence electrons. The van der Waals surface area contributed by atoms with Gasteiger partial charge in [0, 0.05) is 16.7 Å². The second-order valence-corrected chi connectivity index (χ2v) is 4.14. The lowest BCUT2D eigenvalue weighted by Gasteiger charge is -2.06. The van der Waals surface area contributed by atoms with Gasteiger partial charge in [-0.1, -0.05) is 15.9 Å². The summed E-state index contributed by atoms with van der Waals surface area (Å²) in [5.41, 5.74) is 0.313. The van der Waals surface area contributed by atoms with Crippen LogP contribution in [0.15, 0.2) is 41.0 Å². The molecule has 17 heavy (non-hydrogen) atoms. The highest BCUT2D eigenvalue weighted by Crippen LogP contribution is 2.26. The van der Waals surface area contributed by atoms with Crippen LogP contribution < -0.4 is 4.74 Å². The Morgan fingerprint density at radius 1 is 1.35 bits per heavy atom. The zero-order valence-electron chi connectivity index (χ0n) is 8.56. The van der Waals surface area contributed by atoms with Gasteiger partial charge in [-0.2, -0.15) is 0 Å². The maximum atomic E-state index is 13.1. The van der Waals surface area contributed by atoms with Crippen molar-refractivity contribution in [1.82, 2.24) is 4.98 Å². The summed E-state index contributed by atoms with van der Waals surface area (Å²) in [6.45, 7) is 0. The molecular formula is C12H7BrFNO2. The van der Waals surface area contributed by atoms with Crippen LogP contribution in [0.5, 0.6) is 11.6 Å². The fourth-order valence-electron chi connectivity index (χ4n) is 1.28. The second-order valence-electron chi connectivity index (χ2n) is 3.22. The Bertz CT molecular complexity index is 540. The lowest BCUT2D eigenvalue weighted by atomic mass is 10.3. The quantitative estimate of drug-likeness (QED) is 0.813. The summed E-state index contributed by atoms with van der Waals surface area (Å²) in [4.78, 5) is 14.7. The number of carbonyl (C=O) groups is 1. The van der Waals surface area contributed by atoms with Crippen molar-refractivity contribution in [3.63, 3.8) is 0 Å². The fourth-order valence-corrected chi connectivity index (χ4v) is 1.72. The van der Waals surface area contributed by atoms with Gasteiger partial charge in [-0.05, 0) is 24.3 Å². The Morgan fingerprint density at radius 2 is 2.18 bits per heavy atom. The Balaban J connectivity index is 2.34. The summed E-state index contributed by atoms with van der Waals surface area (Å²) in [5.74, 6) is -0.00312. The van der Waals surface area contributed by atoms with Gasteiger partial charge in [-0.3, -0.25) is 4.79 Å². The number of pyridine rings is 1. The van der Waals surface area contributed by atoms with Crippen LogP contribution in [0.25, 0.3) is 0 Å². The van der Waals surface area contributed by atoms with E-state index in [-0.39, 0.29) is 11.6 Å². The summed E-state index contributed by atoms with van der Waals surface area (Å²) >= 11 is 3.15. The maximum absolute atomic E-state index is 13.1. The van der Waals surface area contributed by atoms with E-state index in [1.165, 1.54) is 18.3 Å². The minimum Gasteiger partial charge on any atom is -0.438 e. The molecule has 0 amide bonds. The highest BCUT2D eigenvalue weighted by Gasteiger charge is 2.06. The van der Waals surface area contributed by atoms with Gasteiger partial charge in [0.1, 0.15) is 11.6 Å². The zero-order chi connectivity index (χ0) is 12.3. The smallest absolute Gasteiger partial charge is 0.229 e. The number of benzene rings is 1. The zero-order valence-corrected chi connectivity index (χ0v) is 10.1. The predicted molar refractivity (Wildman–Crippen MR) is 63.8 cm³/mol. The van der Waals surface area contributed by atoms with E-state index in [9.17, 15) is 9.18 Å².